The molecule has 134 valence electrons. The molecule has 3 aromatic rings. The Bertz CT molecular complexity index is 1020. The summed E-state index contributed by atoms with van der Waals surface area (Å²) in [5.74, 6) is -0.647. The SMILES string of the molecule is CC(C)n1nc(C(=O)OCc2c(Cl)cccc2Cl)c2ccccc2c1=O. The number of ether oxygens (including phenoxy) is 1. The largest absolute Gasteiger partial charge is 0.456 e. The maximum absolute atomic E-state index is 12.7. The van der Waals surface area contributed by atoms with E-state index in [4.69, 9.17) is 27.9 Å². The van der Waals surface area contributed by atoms with Gasteiger partial charge < -0.3 is 4.74 Å². The third-order valence-corrected chi connectivity index (χ3v) is 4.63. The van der Waals surface area contributed by atoms with Crippen LogP contribution in [0, 0.1) is 0 Å². The van der Waals surface area contributed by atoms with E-state index in [1.165, 1.54) is 4.68 Å². The Morgan fingerprint density at radius 2 is 1.69 bits per heavy atom. The van der Waals surface area contributed by atoms with E-state index < -0.39 is 5.97 Å². The second kappa shape index (κ2) is 7.48. The van der Waals surface area contributed by atoms with E-state index in [1.807, 2.05) is 13.8 Å². The van der Waals surface area contributed by atoms with Crippen molar-refractivity contribution in [3.63, 3.8) is 0 Å². The maximum atomic E-state index is 12.7. The lowest BCUT2D eigenvalue weighted by molar-refractivity contribution is 0.0465. The van der Waals surface area contributed by atoms with Crippen LogP contribution >= 0.6 is 23.2 Å². The molecule has 0 atom stereocenters. The number of aromatic nitrogens is 2. The lowest BCUT2D eigenvalue weighted by atomic mass is 10.1. The molecule has 0 aliphatic carbocycles. The molecule has 1 aromatic heterocycles. The summed E-state index contributed by atoms with van der Waals surface area (Å²) in [5.41, 5.74) is 0.351. The second-order valence-electron chi connectivity index (χ2n) is 6.01. The summed E-state index contributed by atoms with van der Waals surface area (Å²) >= 11 is 12.2. The summed E-state index contributed by atoms with van der Waals surface area (Å²) in [6, 6.07) is 11.7. The van der Waals surface area contributed by atoms with Crippen LogP contribution in [0.1, 0.15) is 35.9 Å². The van der Waals surface area contributed by atoms with Crippen molar-refractivity contribution in [1.82, 2.24) is 9.78 Å². The quantitative estimate of drug-likeness (QED) is 0.608. The molecule has 0 spiro atoms. The smallest absolute Gasteiger partial charge is 0.359 e. The number of carbonyl (C=O) groups excluding carboxylic acids is 1. The van der Waals surface area contributed by atoms with Gasteiger partial charge in [0.2, 0.25) is 0 Å². The molecule has 1 heterocycles. The number of fused-ring (bicyclic) bond motifs is 1. The Kier molecular flexibility index (Phi) is 5.30. The molecule has 26 heavy (non-hydrogen) atoms. The van der Waals surface area contributed by atoms with Crippen LogP contribution in [0.15, 0.2) is 47.3 Å². The topological polar surface area (TPSA) is 61.2 Å². The number of rotatable bonds is 4. The first-order valence-electron chi connectivity index (χ1n) is 8.01. The van der Waals surface area contributed by atoms with Crippen LogP contribution in [0.4, 0.5) is 0 Å². The standard InChI is InChI=1S/C19H16Cl2N2O3/c1-11(2)23-18(24)13-7-4-3-6-12(13)17(22-23)19(25)26-10-14-15(20)8-5-9-16(14)21/h3-9,11H,10H2,1-2H3. The predicted octanol–water partition coefficient (Wildman–Crippen LogP) is 4.64. The van der Waals surface area contributed by atoms with Crippen LogP contribution in [0.3, 0.4) is 0 Å². The van der Waals surface area contributed by atoms with Crippen molar-refractivity contribution >= 4 is 39.9 Å². The predicted molar refractivity (Wildman–Crippen MR) is 102 cm³/mol. The van der Waals surface area contributed by atoms with E-state index in [-0.39, 0.29) is 23.9 Å². The minimum absolute atomic E-state index is 0.0806. The summed E-state index contributed by atoms with van der Waals surface area (Å²) in [6.45, 7) is 3.55. The molecular weight excluding hydrogens is 375 g/mol. The van der Waals surface area contributed by atoms with Gasteiger partial charge in [-0.15, -0.1) is 0 Å². The van der Waals surface area contributed by atoms with Crippen molar-refractivity contribution in [2.45, 2.75) is 26.5 Å². The molecule has 0 aliphatic rings. The van der Waals surface area contributed by atoms with Gasteiger partial charge in [0.05, 0.1) is 11.4 Å². The zero-order chi connectivity index (χ0) is 18.8. The van der Waals surface area contributed by atoms with Crippen LogP contribution in [0.2, 0.25) is 10.0 Å². The molecule has 0 fully saturated rings. The lowest BCUT2D eigenvalue weighted by Gasteiger charge is -2.13. The van der Waals surface area contributed by atoms with Gasteiger partial charge in [0.25, 0.3) is 5.56 Å². The van der Waals surface area contributed by atoms with Gasteiger partial charge in [-0.3, -0.25) is 4.79 Å². The molecule has 0 N–H and O–H groups in total. The van der Waals surface area contributed by atoms with Gasteiger partial charge in [-0.25, -0.2) is 9.48 Å². The number of halogens is 2. The summed E-state index contributed by atoms with van der Waals surface area (Å²) in [6.07, 6.45) is 0. The van der Waals surface area contributed by atoms with Crippen molar-refractivity contribution in [2.75, 3.05) is 0 Å². The molecule has 5 nitrogen and oxygen atoms in total. The van der Waals surface area contributed by atoms with Gasteiger partial charge in [0, 0.05) is 21.0 Å². The summed E-state index contributed by atoms with van der Waals surface area (Å²) in [7, 11) is 0. The highest BCUT2D eigenvalue weighted by molar-refractivity contribution is 6.35. The van der Waals surface area contributed by atoms with E-state index in [0.29, 0.717) is 26.4 Å². The van der Waals surface area contributed by atoms with Gasteiger partial charge in [-0.2, -0.15) is 5.10 Å². The first-order chi connectivity index (χ1) is 12.4. The molecular formula is C19H16Cl2N2O3. The molecule has 0 saturated carbocycles. The lowest BCUT2D eigenvalue weighted by Crippen LogP contribution is -2.27. The summed E-state index contributed by atoms with van der Waals surface area (Å²) < 4.78 is 6.65. The minimum atomic E-state index is -0.647. The monoisotopic (exact) mass is 390 g/mol. The van der Waals surface area contributed by atoms with E-state index in [1.54, 1.807) is 42.5 Å². The third kappa shape index (κ3) is 3.45. The van der Waals surface area contributed by atoms with E-state index in [2.05, 4.69) is 5.10 Å². The maximum Gasteiger partial charge on any atom is 0.359 e. The number of nitrogens with zero attached hydrogens (tertiary/aromatic N) is 2. The summed E-state index contributed by atoms with van der Waals surface area (Å²) in [4.78, 5) is 25.2. The zero-order valence-corrected chi connectivity index (χ0v) is 15.7. The normalized spacial score (nSPS) is 11.1. The fourth-order valence-electron chi connectivity index (χ4n) is 2.58. The first kappa shape index (κ1) is 18.4. The fraction of sp³-hybridized carbons (Fsp3) is 0.211. The van der Waals surface area contributed by atoms with Gasteiger partial charge >= 0.3 is 5.97 Å². The molecule has 0 aliphatic heterocycles. The Morgan fingerprint density at radius 1 is 1.08 bits per heavy atom. The third-order valence-electron chi connectivity index (χ3n) is 3.92. The molecule has 0 amide bonds. The van der Waals surface area contributed by atoms with Crippen molar-refractivity contribution in [3.8, 4) is 0 Å². The van der Waals surface area contributed by atoms with Gasteiger partial charge in [-0.1, -0.05) is 47.5 Å². The van der Waals surface area contributed by atoms with Crippen LogP contribution in [-0.4, -0.2) is 15.7 Å². The highest BCUT2D eigenvalue weighted by Crippen LogP contribution is 2.25. The van der Waals surface area contributed by atoms with Gasteiger partial charge in [-0.05, 0) is 32.0 Å². The number of hydrogen-bond acceptors (Lipinski definition) is 4. The Balaban J connectivity index is 2.00. The van der Waals surface area contributed by atoms with Gasteiger partial charge in [0.1, 0.15) is 6.61 Å². The number of benzene rings is 2. The highest BCUT2D eigenvalue weighted by Gasteiger charge is 2.19. The minimum Gasteiger partial charge on any atom is -0.456 e. The second-order valence-corrected chi connectivity index (χ2v) is 6.83. The average molecular weight is 391 g/mol. The Hall–Kier alpha value is -2.37. The molecule has 7 heteroatoms. The van der Waals surface area contributed by atoms with Crippen LogP contribution < -0.4 is 5.56 Å². The van der Waals surface area contributed by atoms with Crippen molar-refractivity contribution in [3.05, 3.63) is 74.1 Å². The average Bonchev–Trinajstić information content (AvgIpc) is 2.61. The van der Waals surface area contributed by atoms with Crippen molar-refractivity contribution in [1.29, 1.82) is 0 Å². The fourth-order valence-corrected chi connectivity index (χ4v) is 3.09. The Labute approximate surface area is 160 Å². The van der Waals surface area contributed by atoms with E-state index >= 15 is 0 Å². The van der Waals surface area contributed by atoms with Crippen molar-refractivity contribution in [2.24, 2.45) is 0 Å². The first-order valence-corrected chi connectivity index (χ1v) is 8.77. The molecule has 0 unspecified atom stereocenters. The van der Waals surface area contributed by atoms with Crippen LogP contribution in [0.25, 0.3) is 10.8 Å². The van der Waals surface area contributed by atoms with E-state index in [9.17, 15) is 9.59 Å². The number of hydrogen-bond donors (Lipinski definition) is 0. The molecule has 3 rings (SSSR count). The summed E-state index contributed by atoms with van der Waals surface area (Å²) in [5, 5.41) is 5.91. The van der Waals surface area contributed by atoms with Gasteiger partial charge in [0.15, 0.2) is 5.69 Å². The van der Waals surface area contributed by atoms with Crippen LogP contribution in [0.5, 0.6) is 0 Å². The van der Waals surface area contributed by atoms with E-state index in [0.717, 1.165) is 0 Å². The zero-order valence-electron chi connectivity index (χ0n) is 14.2. The number of esters is 1. The molecule has 0 saturated heterocycles. The molecule has 2 aromatic carbocycles. The molecule has 0 radical (unpaired) electrons. The van der Waals surface area contributed by atoms with Crippen molar-refractivity contribution < 1.29 is 9.53 Å². The Morgan fingerprint density at radius 3 is 2.31 bits per heavy atom. The molecule has 0 bridgehead atoms. The van der Waals surface area contributed by atoms with Crippen LogP contribution in [-0.2, 0) is 11.3 Å². The number of carbonyl (C=O) groups is 1. The highest BCUT2D eigenvalue weighted by atomic mass is 35.5.